The van der Waals surface area contributed by atoms with Gasteiger partial charge in [-0.1, -0.05) is 12.1 Å². The first kappa shape index (κ1) is 17.4. The molecule has 1 aromatic heterocycles. The van der Waals surface area contributed by atoms with Crippen LogP contribution in [-0.2, 0) is 10.9 Å². The van der Waals surface area contributed by atoms with Crippen LogP contribution in [-0.4, -0.2) is 22.4 Å². The van der Waals surface area contributed by atoms with Gasteiger partial charge in [0.2, 0.25) is 0 Å². The number of hydrogen-bond acceptors (Lipinski definition) is 5. The van der Waals surface area contributed by atoms with E-state index in [0.29, 0.717) is 11.1 Å². The Labute approximate surface area is 146 Å². The van der Waals surface area contributed by atoms with Crippen LogP contribution >= 0.6 is 12.6 Å². The molecule has 1 aromatic carbocycles. The monoisotopic (exact) mass is 369 g/mol. The van der Waals surface area contributed by atoms with Gasteiger partial charge in [-0.2, -0.15) is 18.3 Å². The van der Waals surface area contributed by atoms with Gasteiger partial charge >= 0.3 is 12.1 Å². The van der Waals surface area contributed by atoms with E-state index in [9.17, 15) is 18.0 Å². The van der Waals surface area contributed by atoms with Gasteiger partial charge in [-0.25, -0.2) is 9.48 Å². The molecular weight excluding hydrogens is 355 g/mol. The average molecular weight is 369 g/mol. The van der Waals surface area contributed by atoms with Gasteiger partial charge in [0.15, 0.2) is 5.69 Å². The first-order valence-corrected chi connectivity index (χ1v) is 7.92. The van der Waals surface area contributed by atoms with Crippen LogP contribution in [0, 0.1) is 0 Å². The van der Waals surface area contributed by atoms with Crippen LogP contribution in [0.4, 0.5) is 13.2 Å². The minimum absolute atomic E-state index is 0.0300. The number of alkyl halides is 3. The number of aromatic nitrogens is 2. The first-order chi connectivity index (χ1) is 11.8. The van der Waals surface area contributed by atoms with Gasteiger partial charge < -0.3 is 10.1 Å². The third kappa shape index (κ3) is 3.11. The summed E-state index contributed by atoms with van der Waals surface area (Å²) in [6, 6.07) is 4.88. The molecule has 2 heterocycles. The van der Waals surface area contributed by atoms with Crippen molar-refractivity contribution in [3.05, 3.63) is 53.0 Å². The Balaban J connectivity index is 2.22. The van der Waals surface area contributed by atoms with Crippen LogP contribution in [0.3, 0.4) is 0 Å². The molecule has 2 aromatic rings. The maximum atomic E-state index is 13.6. The lowest BCUT2D eigenvalue weighted by Crippen LogP contribution is -2.20. The van der Waals surface area contributed by atoms with E-state index in [1.54, 1.807) is 24.4 Å². The van der Waals surface area contributed by atoms with Gasteiger partial charge in [-0.15, -0.1) is 12.6 Å². The second-order valence-electron chi connectivity index (χ2n) is 5.22. The number of carbonyl (C=O) groups excluding carboxylic acids is 1. The molecule has 1 N–H and O–H groups in total. The van der Waals surface area contributed by atoms with E-state index in [1.165, 1.54) is 13.0 Å². The smallest absolute Gasteiger partial charge is 0.434 e. The quantitative estimate of drug-likeness (QED) is 0.642. The van der Waals surface area contributed by atoms with Crippen molar-refractivity contribution in [2.24, 2.45) is 0 Å². The molecule has 3 rings (SSSR count). The standard InChI is InChI=1S/C16H14F3N3O2S/c1-2-24-15(23)11-8-21-22(13(11)16(17,18)19)12-5-3-4-10-9(12)6-7-20-14(10)25/h3-8,14,20,25H,2H2,1H3. The largest absolute Gasteiger partial charge is 0.462 e. The summed E-state index contributed by atoms with van der Waals surface area (Å²) in [4.78, 5) is 11.9. The molecule has 0 saturated carbocycles. The number of rotatable bonds is 3. The molecule has 0 spiro atoms. The van der Waals surface area contributed by atoms with Crippen LogP contribution in [0.25, 0.3) is 11.8 Å². The maximum absolute atomic E-state index is 13.6. The molecule has 1 atom stereocenters. The first-order valence-electron chi connectivity index (χ1n) is 7.41. The van der Waals surface area contributed by atoms with Crippen LogP contribution in [0.2, 0.25) is 0 Å². The normalized spacial score (nSPS) is 16.3. The number of fused-ring (bicyclic) bond motifs is 1. The summed E-state index contributed by atoms with van der Waals surface area (Å²) in [5.41, 5.74) is -0.318. The lowest BCUT2D eigenvalue weighted by atomic mass is 10.0. The Hall–Kier alpha value is -2.42. The predicted molar refractivity (Wildman–Crippen MR) is 88.4 cm³/mol. The SMILES string of the molecule is CCOC(=O)c1cnn(-c2cccc3c2C=CNC3S)c1C(F)(F)F. The van der Waals surface area contributed by atoms with Crippen molar-refractivity contribution in [2.75, 3.05) is 6.61 Å². The number of halogens is 3. The van der Waals surface area contributed by atoms with Crippen molar-refractivity contribution in [1.29, 1.82) is 0 Å². The fourth-order valence-electron chi connectivity index (χ4n) is 2.65. The zero-order valence-corrected chi connectivity index (χ0v) is 13.9. The molecule has 25 heavy (non-hydrogen) atoms. The number of carbonyl (C=O) groups is 1. The number of nitrogens with zero attached hydrogens (tertiary/aromatic N) is 2. The highest BCUT2D eigenvalue weighted by Gasteiger charge is 2.41. The van der Waals surface area contributed by atoms with E-state index in [0.717, 1.165) is 10.9 Å². The third-order valence-corrected chi connectivity index (χ3v) is 4.10. The summed E-state index contributed by atoms with van der Waals surface area (Å²) in [6.07, 6.45) is -0.655. The van der Waals surface area contributed by atoms with Gasteiger partial charge in [0.05, 0.1) is 23.9 Å². The summed E-state index contributed by atoms with van der Waals surface area (Å²) in [5.74, 6) is -1.06. The number of benzene rings is 1. The molecule has 1 aliphatic heterocycles. The summed E-state index contributed by atoms with van der Waals surface area (Å²) in [6.45, 7) is 1.49. The Morgan fingerprint density at radius 3 is 2.88 bits per heavy atom. The van der Waals surface area contributed by atoms with Gasteiger partial charge in [0, 0.05) is 5.56 Å². The fourth-order valence-corrected chi connectivity index (χ4v) is 2.96. The molecule has 5 nitrogen and oxygen atoms in total. The highest BCUT2D eigenvalue weighted by Crippen LogP contribution is 2.37. The van der Waals surface area contributed by atoms with Gasteiger partial charge in [0.25, 0.3) is 0 Å². The van der Waals surface area contributed by atoms with Crippen molar-refractivity contribution in [1.82, 2.24) is 15.1 Å². The highest BCUT2D eigenvalue weighted by molar-refractivity contribution is 7.80. The van der Waals surface area contributed by atoms with Crippen molar-refractivity contribution in [3.63, 3.8) is 0 Å². The number of thiol groups is 1. The van der Waals surface area contributed by atoms with Crippen molar-refractivity contribution in [3.8, 4) is 5.69 Å². The number of esters is 1. The van der Waals surface area contributed by atoms with E-state index in [1.807, 2.05) is 0 Å². The summed E-state index contributed by atoms with van der Waals surface area (Å²) in [7, 11) is 0. The second-order valence-corrected chi connectivity index (χ2v) is 5.74. The van der Waals surface area contributed by atoms with Crippen molar-refractivity contribution < 1.29 is 22.7 Å². The summed E-state index contributed by atoms with van der Waals surface area (Å²) >= 11 is 4.36. The van der Waals surface area contributed by atoms with Crippen LogP contribution in [0.15, 0.2) is 30.6 Å². The molecule has 0 aliphatic carbocycles. The Morgan fingerprint density at radius 2 is 2.20 bits per heavy atom. The zero-order chi connectivity index (χ0) is 18.2. The molecule has 0 saturated heterocycles. The number of hydrogen-bond donors (Lipinski definition) is 2. The topological polar surface area (TPSA) is 56.1 Å². The molecule has 0 amide bonds. The molecule has 0 fully saturated rings. The third-order valence-electron chi connectivity index (χ3n) is 3.68. The van der Waals surface area contributed by atoms with Gasteiger partial charge in [-0.3, -0.25) is 0 Å². The molecule has 0 bridgehead atoms. The van der Waals surface area contributed by atoms with Crippen molar-refractivity contribution >= 4 is 24.7 Å². The summed E-state index contributed by atoms with van der Waals surface area (Å²) < 4.78 is 46.3. The fraction of sp³-hybridized carbons (Fsp3) is 0.250. The van der Waals surface area contributed by atoms with Gasteiger partial charge in [-0.05, 0) is 30.8 Å². The summed E-state index contributed by atoms with van der Waals surface area (Å²) in [5, 5.41) is 6.41. The van der Waals surface area contributed by atoms with E-state index in [2.05, 4.69) is 23.0 Å². The van der Waals surface area contributed by atoms with E-state index in [4.69, 9.17) is 4.74 Å². The predicted octanol–water partition coefficient (Wildman–Crippen LogP) is 3.57. The number of nitrogens with one attached hydrogen (secondary N) is 1. The maximum Gasteiger partial charge on any atom is 0.434 e. The highest BCUT2D eigenvalue weighted by atomic mass is 32.1. The Morgan fingerprint density at radius 1 is 1.44 bits per heavy atom. The average Bonchev–Trinajstić information content (AvgIpc) is 3.00. The molecule has 1 unspecified atom stereocenters. The lowest BCUT2D eigenvalue weighted by molar-refractivity contribution is -0.143. The number of ether oxygens (including phenoxy) is 1. The second kappa shape index (κ2) is 6.47. The van der Waals surface area contributed by atoms with E-state index in [-0.39, 0.29) is 17.7 Å². The van der Waals surface area contributed by atoms with Gasteiger partial charge in [0.1, 0.15) is 5.56 Å². The molecular formula is C16H14F3N3O2S. The molecule has 1 aliphatic rings. The lowest BCUT2D eigenvalue weighted by Gasteiger charge is -2.22. The van der Waals surface area contributed by atoms with Crippen LogP contribution in [0.5, 0.6) is 0 Å². The molecule has 9 heteroatoms. The Kier molecular flexibility index (Phi) is 4.51. The molecule has 132 valence electrons. The van der Waals surface area contributed by atoms with E-state index >= 15 is 0 Å². The van der Waals surface area contributed by atoms with E-state index < -0.39 is 23.4 Å². The zero-order valence-electron chi connectivity index (χ0n) is 13.0. The minimum Gasteiger partial charge on any atom is -0.462 e. The minimum atomic E-state index is -4.78. The van der Waals surface area contributed by atoms with Crippen LogP contribution < -0.4 is 5.32 Å². The Bertz CT molecular complexity index is 846. The van der Waals surface area contributed by atoms with Crippen molar-refractivity contribution in [2.45, 2.75) is 18.5 Å². The van der Waals surface area contributed by atoms with Crippen LogP contribution in [0.1, 0.15) is 39.5 Å². The molecule has 0 radical (unpaired) electrons.